The number of hydrogen-bond donors (Lipinski definition) is 1. The average molecular weight is 255 g/mol. The molecule has 1 saturated heterocycles. The highest BCUT2D eigenvalue weighted by Gasteiger charge is 2.20. The number of carbonyl (C=O) groups excluding carboxylic acids is 1. The molecule has 1 aliphatic heterocycles. The third-order valence-corrected chi connectivity index (χ3v) is 3.49. The van der Waals surface area contributed by atoms with E-state index < -0.39 is 0 Å². The van der Waals surface area contributed by atoms with Crippen molar-refractivity contribution in [1.82, 2.24) is 15.1 Å². The number of nitrogens with one attached hydrogen (secondary N) is 1. The summed E-state index contributed by atoms with van der Waals surface area (Å²) in [6.45, 7) is 12.4. The molecule has 1 aliphatic rings. The maximum absolute atomic E-state index is 11.9. The van der Waals surface area contributed by atoms with Gasteiger partial charge in [-0.3, -0.25) is 4.90 Å². The maximum Gasteiger partial charge on any atom is 0.317 e. The van der Waals surface area contributed by atoms with E-state index in [-0.39, 0.29) is 6.03 Å². The smallest absolute Gasteiger partial charge is 0.317 e. The van der Waals surface area contributed by atoms with Gasteiger partial charge in [-0.15, -0.1) is 0 Å². The molecular weight excluding hydrogens is 226 g/mol. The molecule has 106 valence electrons. The molecule has 0 atom stereocenters. The fraction of sp³-hybridized carbons (Fsp3) is 0.929. The van der Waals surface area contributed by atoms with E-state index in [9.17, 15) is 4.79 Å². The predicted octanol–water partition coefficient (Wildman–Crippen LogP) is 2.16. The Labute approximate surface area is 112 Å². The number of amides is 2. The van der Waals surface area contributed by atoms with Crippen LogP contribution in [0, 0.1) is 5.92 Å². The van der Waals surface area contributed by atoms with Gasteiger partial charge in [0.2, 0.25) is 0 Å². The van der Waals surface area contributed by atoms with E-state index in [1.54, 1.807) is 0 Å². The molecule has 1 fully saturated rings. The number of rotatable bonds is 6. The molecule has 0 aliphatic carbocycles. The summed E-state index contributed by atoms with van der Waals surface area (Å²) in [6.07, 6.45) is 3.57. The zero-order chi connectivity index (χ0) is 13.4. The standard InChI is InChI=1S/C14H29N3O/c1-4-5-8-16-9-11-17(12-10-16)14(18)15-7-6-13(2)3/h13H,4-12H2,1-3H3,(H,15,18). The molecule has 2 amide bonds. The molecule has 1 rings (SSSR count). The fourth-order valence-corrected chi connectivity index (χ4v) is 2.14. The second kappa shape index (κ2) is 8.35. The highest BCUT2D eigenvalue weighted by Crippen LogP contribution is 2.04. The Kier molecular flexibility index (Phi) is 7.09. The Bertz CT molecular complexity index is 235. The second-order valence-corrected chi connectivity index (χ2v) is 5.60. The summed E-state index contributed by atoms with van der Waals surface area (Å²) in [7, 11) is 0. The number of urea groups is 1. The third kappa shape index (κ3) is 5.71. The number of hydrogen-bond acceptors (Lipinski definition) is 2. The molecule has 0 aromatic rings. The lowest BCUT2D eigenvalue weighted by Crippen LogP contribution is -2.52. The average Bonchev–Trinajstić information content (AvgIpc) is 2.36. The summed E-state index contributed by atoms with van der Waals surface area (Å²) in [5, 5.41) is 3.01. The highest BCUT2D eigenvalue weighted by molar-refractivity contribution is 5.74. The lowest BCUT2D eigenvalue weighted by molar-refractivity contribution is 0.138. The molecule has 0 aromatic heterocycles. The van der Waals surface area contributed by atoms with Gasteiger partial charge in [-0.1, -0.05) is 27.2 Å². The van der Waals surface area contributed by atoms with E-state index >= 15 is 0 Å². The highest BCUT2D eigenvalue weighted by atomic mass is 16.2. The lowest BCUT2D eigenvalue weighted by atomic mass is 10.1. The molecule has 18 heavy (non-hydrogen) atoms. The van der Waals surface area contributed by atoms with Crippen LogP contribution in [0.1, 0.15) is 40.0 Å². The van der Waals surface area contributed by atoms with Crippen LogP contribution in [0.3, 0.4) is 0 Å². The lowest BCUT2D eigenvalue weighted by Gasteiger charge is -2.34. The molecule has 0 saturated carbocycles. The van der Waals surface area contributed by atoms with Crippen LogP contribution in [-0.2, 0) is 0 Å². The van der Waals surface area contributed by atoms with Gasteiger partial charge in [-0.05, 0) is 25.3 Å². The Hall–Kier alpha value is -0.770. The first-order valence-corrected chi connectivity index (χ1v) is 7.38. The molecule has 4 heteroatoms. The summed E-state index contributed by atoms with van der Waals surface area (Å²) >= 11 is 0. The first-order chi connectivity index (χ1) is 8.63. The van der Waals surface area contributed by atoms with Crippen molar-refractivity contribution in [3.8, 4) is 0 Å². The van der Waals surface area contributed by atoms with Gasteiger partial charge < -0.3 is 10.2 Å². The number of carbonyl (C=O) groups is 1. The van der Waals surface area contributed by atoms with E-state index in [1.165, 1.54) is 19.4 Å². The zero-order valence-corrected chi connectivity index (χ0v) is 12.2. The molecule has 0 bridgehead atoms. The van der Waals surface area contributed by atoms with Crippen molar-refractivity contribution in [2.75, 3.05) is 39.3 Å². The Morgan fingerprint density at radius 2 is 1.89 bits per heavy atom. The topological polar surface area (TPSA) is 35.6 Å². The SMILES string of the molecule is CCCCN1CCN(C(=O)NCCC(C)C)CC1. The molecule has 0 spiro atoms. The van der Waals surface area contributed by atoms with Crippen molar-refractivity contribution in [2.24, 2.45) is 5.92 Å². The van der Waals surface area contributed by atoms with Crippen molar-refractivity contribution in [2.45, 2.75) is 40.0 Å². The van der Waals surface area contributed by atoms with Crippen molar-refractivity contribution >= 4 is 6.03 Å². The number of nitrogens with zero attached hydrogens (tertiary/aromatic N) is 2. The van der Waals surface area contributed by atoms with Gasteiger partial charge in [0, 0.05) is 32.7 Å². The van der Waals surface area contributed by atoms with E-state index in [0.29, 0.717) is 5.92 Å². The van der Waals surface area contributed by atoms with Gasteiger partial charge >= 0.3 is 6.03 Å². The van der Waals surface area contributed by atoms with Gasteiger partial charge in [-0.2, -0.15) is 0 Å². The summed E-state index contributed by atoms with van der Waals surface area (Å²) < 4.78 is 0. The van der Waals surface area contributed by atoms with Crippen LogP contribution >= 0.6 is 0 Å². The molecular formula is C14H29N3O. The predicted molar refractivity (Wildman–Crippen MR) is 75.8 cm³/mol. The van der Waals surface area contributed by atoms with Crippen LogP contribution in [0.2, 0.25) is 0 Å². The largest absolute Gasteiger partial charge is 0.338 e. The van der Waals surface area contributed by atoms with Gasteiger partial charge in [-0.25, -0.2) is 4.79 Å². The van der Waals surface area contributed by atoms with E-state index in [2.05, 4.69) is 31.0 Å². The summed E-state index contributed by atoms with van der Waals surface area (Å²) in [5.74, 6) is 0.649. The third-order valence-electron chi connectivity index (χ3n) is 3.49. The summed E-state index contributed by atoms with van der Waals surface area (Å²) in [4.78, 5) is 16.3. The minimum Gasteiger partial charge on any atom is -0.338 e. The second-order valence-electron chi connectivity index (χ2n) is 5.60. The van der Waals surface area contributed by atoms with Gasteiger partial charge in [0.25, 0.3) is 0 Å². The molecule has 0 unspecified atom stereocenters. The molecule has 4 nitrogen and oxygen atoms in total. The van der Waals surface area contributed by atoms with Crippen molar-refractivity contribution in [3.63, 3.8) is 0 Å². The van der Waals surface area contributed by atoms with E-state index in [4.69, 9.17) is 0 Å². The number of unbranched alkanes of at least 4 members (excludes halogenated alkanes) is 1. The summed E-state index contributed by atoms with van der Waals surface area (Å²) in [6, 6.07) is 0.116. The number of piperazine rings is 1. The van der Waals surface area contributed by atoms with E-state index in [0.717, 1.165) is 39.1 Å². The molecule has 1 N–H and O–H groups in total. The first-order valence-electron chi connectivity index (χ1n) is 7.38. The van der Waals surface area contributed by atoms with Crippen LogP contribution in [0.4, 0.5) is 4.79 Å². The fourth-order valence-electron chi connectivity index (χ4n) is 2.14. The minimum absolute atomic E-state index is 0.116. The van der Waals surface area contributed by atoms with Gasteiger partial charge in [0.15, 0.2) is 0 Å². The minimum atomic E-state index is 0.116. The molecule has 0 radical (unpaired) electrons. The molecule has 0 aromatic carbocycles. The quantitative estimate of drug-likeness (QED) is 0.789. The maximum atomic E-state index is 11.9. The first kappa shape index (κ1) is 15.3. The van der Waals surface area contributed by atoms with Crippen LogP contribution in [0.25, 0.3) is 0 Å². The van der Waals surface area contributed by atoms with Gasteiger partial charge in [0.05, 0.1) is 0 Å². The Balaban J connectivity index is 2.15. The van der Waals surface area contributed by atoms with Crippen LogP contribution in [0.5, 0.6) is 0 Å². The van der Waals surface area contributed by atoms with Crippen LogP contribution < -0.4 is 5.32 Å². The summed E-state index contributed by atoms with van der Waals surface area (Å²) in [5.41, 5.74) is 0. The zero-order valence-electron chi connectivity index (χ0n) is 12.2. The van der Waals surface area contributed by atoms with Crippen LogP contribution in [0.15, 0.2) is 0 Å². The van der Waals surface area contributed by atoms with Crippen LogP contribution in [-0.4, -0.2) is 55.1 Å². The van der Waals surface area contributed by atoms with Crippen molar-refractivity contribution in [1.29, 1.82) is 0 Å². The normalized spacial score (nSPS) is 17.2. The van der Waals surface area contributed by atoms with E-state index in [1.807, 2.05) is 4.90 Å². The monoisotopic (exact) mass is 255 g/mol. The van der Waals surface area contributed by atoms with Crippen molar-refractivity contribution in [3.05, 3.63) is 0 Å². The Morgan fingerprint density at radius 1 is 1.22 bits per heavy atom. The molecule has 1 heterocycles. The Morgan fingerprint density at radius 3 is 2.44 bits per heavy atom. The van der Waals surface area contributed by atoms with Gasteiger partial charge in [0.1, 0.15) is 0 Å². The van der Waals surface area contributed by atoms with Crippen molar-refractivity contribution < 1.29 is 4.79 Å².